The van der Waals surface area contributed by atoms with Gasteiger partial charge >= 0.3 is 5.97 Å². The van der Waals surface area contributed by atoms with E-state index in [2.05, 4.69) is 20.4 Å². The minimum Gasteiger partial charge on any atom is -0.465 e. The first kappa shape index (κ1) is 23.3. The van der Waals surface area contributed by atoms with Crippen LogP contribution in [0.5, 0.6) is 0 Å². The fourth-order valence-corrected chi connectivity index (χ4v) is 5.29. The summed E-state index contributed by atoms with van der Waals surface area (Å²) in [6, 6.07) is 9.83. The van der Waals surface area contributed by atoms with Crippen molar-refractivity contribution in [3.8, 4) is 5.69 Å². The minimum atomic E-state index is -0.459. The lowest BCUT2D eigenvalue weighted by Crippen LogP contribution is -2.37. The summed E-state index contributed by atoms with van der Waals surface area (Å²) in [5.41, 5.74) is 2.14. The van der Waals surface area contributed by atoms with Gasteiger partial charge in [-0.3, -0.25) is 9.36 Å². The number of morpholine rings is 1. The van der Waals surface area contributed by atoms with Crippen molar-refractivity contribution >= 4 is 45.9 Å². The predicted molar refractivity (Wildman–Crippen MR) is 129 cm³/mol. The second-order valence-electron chi connectivity index (χ2n) is 7.37. The molecule has 1 saturated heterocycles. The molecule has 1 aliphatic rings. The number of carbonyl (C=O) groups is 2. The Bertz CT molecular complexity index is 1140. The first-order valence-corrected chi connectivity index (χ1v) is 12.2. The number of thioether (sulfide) groups is 1. The Hall–Kier alpha value is -2.89. The van der Waals surface area contributed by atoms with Gasteiger partial charge in [0, 0.05) is 18.0 Å². The van der Waals surface area contributed by atoms with Gasteiger partial charge in [-0.25, -0.2) is 4.79 Å². The third kappa shape index (κ3) is 5.05. The van der Waals surface area contributed by atoms with Crippen LogP contribution in [0.4, 0.5) is 10.9 Å². The molecular weight excluding hydrogens is 462 g/mol. The second kappa shape index (κ2) is 10.4. The normalized spacial score (nSPS) is 13.7. The maximum absolute atomic E-state index is 12.8. The number of amides is 1. The van der Waals surface area contributed by atoms with Crippen molar-refractivity contribution in [3.05, 3.63) is 46.3 Å². The Morgan fingerprint density at radius 1 is 1.18 bits per heavy atom. The molecule has 174 valence electrons. The molecule has 1 aromatic carbocycles. The summed E-state index contributed by atoms with van der Waals surface area (Å²) in [5, 5.41) is 12.8. The van der Waals surface area contributed by atoms with Crippen molar-refractivity contribution < 1.29 is 19.1 Å². The van der Waals surface area contributed by atoms with Crippen LogP contribution in [0.25, 0.3) is 5.69 Å². The highest BCUT2D eigenvalue weighted by molar-refractivity contribution is 7.99. The summed E-state index contributed by atoms with van der Waals surface area (Å²) in [6.07, 6.45) is 0. The molecule has 1 aliphatic heterocycles. The maximum atomic E-state index is 12.8. The van der Waals surface area contributed by atoms with Crippen molar-refractivity contribution in [2.75, 3.05) is 49.4 Å². The topological polar surface area (TPSA) is 98.6 Å². The van der Waals surface area contributed by atoms with E-state index in [4.69, 9.17) is 9.47 Å². The quantitative estimate of drug-likeness (QED) is 0.400. The molecule has 1 amide bonds. The minimum absolute atomic E-state index is 0.116. The smallest absolute Gasteiger partial charge is 0.341 e. The molecule has 0 atom stereocenters. The van der Waals surface area contributed by atoms with Gasteiger partial charge in [-0.15, -0.1) is 21.5 Å². The van der Waals surface area contributed by atoms with Gasteiger partial charge in [0.05, 0.1) is 37.3 Å². The number of para-hydroxylation sites is 1. The first-order chi connectivity index (χ1) is 16.0. The molecule has 1 N–H and O–H groups in total. The van der Waals surface area contributed by atoms with E-state index in [1.165, 1.54) is 30.2 Å². The Kier molecular flexibility index (Phi) is 7.31. The molecule has 3 aromatic rings. The lowest BCUT2D eigenvalue weighted by molar-refractivity contribution is -0.113. The monoisotopic (exact) mass is 487 g/mol. The van der Waals surface area contributed by atoms with Gasteiger partial charge in [-0.1, -0.05) is 30.0 Å². The number of nitrogens with zero attached hydrogens (tertiary/aromatic N) is 4. The maximum Gasteiger partial charge on any atom is 0.341 e. The summed E-state index contributed by atoms with van der Waals surface area (Å²) < 4.78 is 12.3. The van der Waals surface area contributed by atoms with Gasteiger partial charge in [-0.2, -0.15) is 0 Å². The third-order valence-corrected chi connectivity index (χ3v) is 7.34. The highest BCUT2D eigenvalue weighted by atomic mass is 32.2. The number of ether oxygens (including phenoxy) is 2. The highest BCUT2D eigenvalue weighted by Crippen LogP contribution is 2.33. The number of anilines is 2. The molecule has 2 aromatic heterocycles. The number of esters is 1. The summed E-state index contributed by atoms with van der Waals surface area (Å²) in [4.78, 5) is 28.0. The van der Waals surface area contributed by atoms with E-state index in [-0.39, 0.29) is 11.7 Å². The molecule has 9 nitrogen and oxygen atoms in total. The van der Waals surface area contributed by atoms with Crippen LogP contribution in [0.15, 0.2) is 35.5 Å². The molecule has 3 heterocycles. The zero-order chi connectivity index (χ0) is 23.4. The van der Waals surface area contributed by atoms with Crippen LogP contribution in [0.2, 0.25) is 0 Å². The molecule has 1 fully saturated rings. The van der Waals surface area contributed by atoms with Gasteiger partial charge in [-0.05, 0) is 31.5 Å². The Balaban J connectivity index is 1.53. The van der Waals surface area contributed by atoms with E-state index < -0.39 is 5.97 Å². The van der Waals surface area contributed by atoms with Gasteiger partial charge in [0.15, 0.2) is 5.16 Å². The van der Waals surface area contributed by atoms with Crippen molar-refractivity contribution in [2.45, 2.75) is 19.0 Å². The number of hydrogen-bond donors (Lipinski definition) is 1. The zero-order valence-electron chi connectivity index (χ0n) is 18.7. The number of benzene rings is 1. The first-order valence-electron chi connectivity index (χ1n) is 10.4. The molecule has 33 heavy (non-hydrogen) atoms. The predicted octanol–water partition coefficient (Wildman–Crippen LogP) is 3.30. The van der Waals surface area contributed by atoms with Crippen LogP contribution in [-0.4, -0.2) is 65.8 Å². The molecule has 0 bridgehead atoms. The Labute approximate surface area is 200 Å². The average Bonchev–Trinajstić information content (AvgIpc) is 3.39. The van der Waals surface area contributed by atoms with E-state index >= 15 is 0 Å². The number of carbonyl (C=O) groups excluding carboxylic acids is 2. The number of hydrogen-bond acceptors (Lipinski definition) is 9. The van der Waals surface area contributed by atoms with E-state index in [1.807, 2.05) is 48.7 Å². The number of methoxy groups -OCH3 is 1. The standard InChI is InChI=1S/C22H25N5O4S2/c1-14-15(2)33-19(18(14)20(29)30-3)23-17(28)13-32-22-25-24-21(26-9-11-31-12-10-26)27(22)16-7-5-4-6-8-16/h4-8H,9-13H2,1-3H3,(H,23,28). The zero-order valence-corrected chi connectivity index (χ0v) is 20.3. The van der Waals surface area contributed by atoms with Crippen LogP contribution in [0.1, 0.15) is 20.8 Å². The van der Waals surface area contributed by atoms with Crippen LogP contribution in [0.3, 0.4) is 0 Å². The molecule has 4 rings (SSSR count). The molecule has 0 unspecified atom stereocenters. The summed E-state index contributed by atoms with van der Waals surface area (Å²) in [7, 11) is 1.33. The van der Waals surface area contributed by atoms with Crippen molar-refractivity contribution in [3.63, 3.8) is 0 Å². The van der Waals surface area contributed by atoms with Crippen LogP contribution >= 0.6 is 23.1 Å². The SMILES string of the molecule is COC(=O)c1c(NC(=O)CSc2nnc(N3CCOCC3)n2-c2ccccc2)sc(C)c1C. The van der Waals surface area contributed by atoms with Crippen LogP contribution in [0, 0.1) is 13.8 Å². The summed E-state index contributed by atoms with van der Waals surface area (Å²) in [5.74, 6) is 0.149. The number of nitrogens with one attached hydrogen (secondary N) is 1. The van der Waals surface area contributed by atoms with E-state index in [0.717, 1.165) is 35.2 Å². The lowest BCUT2D eigenvalue weighted by Gasteiger charge is -2.27. The van der Waals surface area contributed by atoms with Gasteiger partial charge in [0.1, 0.15) is 5.00 Å². The summed E-state index contributed by atoms with van der Waals surface area (Å²) >= 11 is 2.66. The molecule has 11 heteroatoms. The molecule has 0 radical (unpaired) electrons. The summed E-state index contributed by atoms with van der Waals surface area (Å²) in [6.45, 7) is 6.47. The number of aromatic nitrogens is 3. The molecule has 0 spiro atoms. The van der Waals surface area contributed by atoms with E-state index in [9.17, 15) is 9.59 Å². The van der Waals surface area contributed by atoms with Crippen molar-refractivity contribution in [1.82, 2.24) is 14.8 Å². The number of thiophene rings is 1. The molecule has 0 saturated carbocycles. The Morgan fingerprint density at radius 2 is 1.91 bits per heavy atom. The van der Waals surface area contributed by atoms with Gasteiger partial charge in [0.25, 0.3) is 0 Å². The molecule has 0 aliphatic carbocycles. The van der Waals surface area contributed by atoms with E-state index in [1.54, 1.807) is 0 Å². The largest absolute Gasteiger partial charge is 0.465 e. The van der Waals surface area contributed by atoms with Crippen LogP contribution in [-0.2, 0) is 14.3 Å². The average molecular weight is 488 g/mol. The van der Waals surface area contributed by atoms with Crippen LogP contribution < -0.4 is 10.2 Å². The number of rotatable bonds is 7. The van der Waals surface area contributed by atoms with Gasteiger partial charge < -0.3 is 19.7 Å². The van der Waals surface area contributed by atoms with Crippen molar-refractivity contribution in [2.24, 2.45) is 0 Å². The number of aryl methyl sites for hydroxylation is 1. The fraction of sp³-hybridized carbons (Fsp3) is 0.364. The fourth-order valence-electron chi connectivity index (χ4n) is 3.48. The van der Waals surface area contributed by atoms with E-state index in [0.29, 0.717) is 28.9 Å². The third-order valence-electron chi connectivity index (χ3n) is 5.28. The Morgan fingerprint density at radius 3 is 2.61 bits per heavy atom. The molecular formula is C22H25N5O4S2. The van der Waals surface area contributed by atoms with Gasteiger partial charge in [0.2, 0.25) is 11.9 Å². The highest BCUT2D eigenvalue weighted by Gasteiger charge is 2.24. The lowest BCUT2D eigenvalue weighted by atomic mass is 10.1. The van der Waals surface area contributed by atoms with Crippen molar-refractivity contribution in [1.29, 1.82) is 0 Å². The second-order valence-corrected chi connectivity index (χ2v) is 9.54.